The predicted molar refractivity (Wildman–Crippen MR) is 76.6 cm³/mol. The van der Waals surface area contributed by atoms with E-state index in [-0.39, 0.29) is 5.95 Å². The first-order valence-corrected chi connectivity index (χ1v) is 6.30. The topological polar surface area (TPSA) is 95.7 Å². The molecule has 0 bridgehead atoms. The van der Waals surface area contributed by atoms with E-state index in [0.29, 0.717) is 17.3 Å². The second-order valence-corrected chi connectivity index (χ2v) is 4.44. The van der Waals surface area contributed by atoms with Crippen molar-refractivity contribution in [3.63, 3.8) is 0 Å². The lowest BCUT2D eigenvalue weighted by Crippen LogP contribution is -2.05. The first-order chi connectivity index (χ1) is 10.3. The first kappa shape index (κ1) is 11.6. The molecule has 4 rings (SSSR count). The van der Waals surface area contributed by atoms with Gasteiger partial charge in [0, 0.05) is 6.07 Å². The SMILES string of the molecule is Nc1nc(-c2ccco2)cc(-n2nnc3ccccc32)n1. The number of nitrogens with two attached hydrogens (primary N) is 1. The van der Waals surface area contributed by atoms with Gasteiger partial charge in [0.25, 0.3) is 0 Å². The number of hydrogen-bond acceptors (Lipinski definition) is 6. The average molecular weight is 278 g/mol. The molecule has 0 amide bonds. The van der Waals surface area contributed by atoms with Crippen molar-refractivity contribution in [3.05, 3.63) is 48.7 Å². The zero-order valence-electron chi connectivity index (χ0n) is 10.8. The van der Waals surface area contributed by atoms with Crippen molar-refractivity contribution in [3.8, 4) is 17.3 Å². The van der Waals surface area contributed by atoms with Gasteiger partial charge in [0.05, 0.1) is 11.8 Å². The number of hydrogen-bond donors (Lipinski definition) is 1. The molecule has 0 aliphatic rings. The minimum absolute atomic E-state index is 0.151. The summed E-state index contributed by atoms with van der Waals surface area (Å²) < 4.78 is 6.97. The zero-order chi connectivity index (χ0) is 14.2. The van der Waals surface area contributed by atoms with Gasteiger partial charge in [-0.3, -0.25) is 0 Å². The van der Waals surface area contributed by atoms with E-state index in [4.69, 9.17) is 10.2 Å². The van der Waals surface area contributed by atoms with Gasteiger partial charge < -0.3 is 10.2 Å². The Morgan fingerprint density at radius 1 is 1.05 bits per heavy atom. The molecule has 0 saturated carbocycles. The van der Waals surface area contributed by atoms with Crippen LogP contribution in [0.25, 0.3) is 28.3 Å². The quantitative estimate of drug-likeness (QED) is 0.603. The van der Waals surface area contributed by atoms with Gasteiger partial charge in [-0.05, 0) is 24.3 Å². The van der Waals surface area contributed by atoms with Crippen LogP contribution in [-0.4, -0.2) is 25.0 Å². The molecule has 21 heavy (non-hydrogen) atoms. The molecule has 2 N–H and O–H groups in total. The fourth-order valence-corrected chi connectivity index (χ4v) is 2.15. The van der Waals surface area contributed by atoms with E-state index in [1.165, 1.54) is 0 Å². The number of rotatable bonds is 2. The fourth-order valence-electron chi connectivity index (χ4n) is 2.15. The third-order valence-electron chi connectivity index (χ3n) is 3.07. The lowest BCUT2D eigenvalue weighted by Gasteiger charge is -2.04. The Hall–Kier alpha value is -3.22. The Morgan fingerprint density at radius 2 is 1.95 bits per heavy atom. The fraction of sp³-hybridized carbons (Fsp3) is 0. The Kier molecular flexibility index (Phi) is 2.43. The highest BCUT2D eigenvalue weighted by molar-refractivity contribution is 5.75. The monoisotopic (exact) mass is 278 g/mol. The molecule has 4 aromatic rings. The second-order valence-electron chi connectivity index (χ2n) is 4.44. The summed E-state index contributed by atoms with van der Waals surface area (Å²) in [6.07, 6.45) is 1.58. The maximum atomic E-state index is 5.79. The van der Waals surface area contributed by atoms with Crippen LogP contribution in [0, 0.1) is 0 Å². The third-order valence-corrected chi connectivity index (χ3v) is 3.07. The second kappa shape index (κ2) is 4.41. The van der Waals surface area contributed by atoms with Crippen LogP contribution in [0.15, 0.2) is 53.1 Å². The number of fused-ring (bicyclic) bond motifs is 1. The minimum Gasteiger partial charge on any atom is -0.463 e. The van der Waals surface area contributed by atoms with Crippen LogP contribution in [0.1, 0.15) is 0 Å². The molecule has 102 valence electrons. The molecule has 0 unspecified atom stereocenters. The van der Waals surface area contributed by atoms with Gasteiger partial charge in [-0.15, -0.1) is 5.10 Å². The summed E-state index contributed by atoms with van der Waals surface area (Å²) in [5, 5.41) is 8.22. The number of anilines is 1. The molecular formula is C14H10N6O. The van der Waals surface area contributed by atoms with Crippen LogP contribution in [0.4, 0.5) is 5.95 Å². The first-order valence-electron chi connectivity index (χ1n) is 6.30. The van der Waals surface area contributed by atoms with Crippen molar-refractivity contribution < 1.29 is 4.42 Å². The molecule has 7 nitrogen and oxygen atoms in total. The average Bonchev–Trinajstić information content (AvgIpc) is 3.16. The zero-order valence-corrected chi connectivity index (χ0v) is 10.8. The summed E-state index contributed by atoms with van der Waals surface area (Å²) in [7, 11) is 0. The summed E-state index contributed by atoms with van der Waals surface area (Å²) in [6.45, 7) is 0. The van der Waals surface area contributed by atoms with Crippen LogP contribution < -0.4 is 5.73 Å². The van der Waals surface area contributed by atoms with Crippen LogP contribution >= 0.6 is 0 Å². The van der Waals surface area contributed by atoms with Crippen molar-refractivity contribution in [2.24, 2.45) is 0 Å². The van der Waals surface area contributed by atoms with E-state index in [0.717, 1.165) is 11.0 Å². The van der Waals surface area contributed by atoms with Crippen molar-refractivity contribution >= 4 is 17.0 Å². The Balaban J connectivity index is 1.93. The normalized spacial score (nSPS) is 11.0. The summed E-state index contributed by atoms with van der Waals surface area (Å²) in [4.78, 5) is 8.40. The van der Waals surface area contributed by atoms with Gasteiger partial charge in [0.15, 0.2) is 11.6 Å². The maximum Gasteiger partial charge on any atom is 0.222 e. The number of nitrogen functional groups attached to an aromatic ring is 1. The highest BCUT2D eigenvalue weighted by atomic mass is 16.3. The van der Waals surface area contributed by atoms with Gasteiger partial charge in [-0.25, -0.2) is 4.98 Å². The van der Waals surface area contributed by atoms with Gasteiger partial charge in [-0.1, -0.05) is 17.3 Å². The van der Waals surface area contributed by atoms with Crippen LogP contribution in [-0.2, 0) is 0 Å². The number of benzene rings is 1. The molecule has 0 atom stereocenters. The smallest absolute Gasteiger partial charge is 0.222 e. The maximum absolute atomic E-state index is 5.79. The van der Waals surface area contributed by atoms with Crippen molar-refractivity contribution in [2.45, 2.75) is 0 Å². The van der Waals surface area contributed by atoms with Gasteiger partial charge in [-0.2, -0.15) is 9.67 Å². The minimum atomic E-state index is 0.151. The molecule has 7 heteroatoms. The molecule has 0 spiro atoms. The van der Waals surface area contributed by atoms with Crippen molar-refractivity contribution in [1.82, 2.24) is 25.0 Å². The highest BCUT2D eigenvalue weighted by Crippen LogP contribution is 2.22. The Morgan fingerprint density at radius 3 is 2.81 bits per heavy atom. The molecular weight excluding hydrogens is 268 g/mol. The number of furan rings is 1. The molecule has 3 aromatic heterocycles. The highest BCUT2D eigenvalue weighted by Gasteiger charge is 2.12. The van der Waals surface area contributed by atoms with E-state index < -0.39 is 0 Å². The van der Waals surface area contributed by atoms with E-state index in [2.05, 4.69) is 20.3 Å². The van der Waals surface area contributed by atoms with Crippen molar-refractivity contribution in [2.75, 3.05) is 5.73 Å². The summed E-state index contributed by atoms with van der Waals surface area (Å²) in [6, 6.07) is 13.0. The van der Waals surface area contributed by atoms with E-state index in [9.17, 15) is 0 Å². The summed E-state index contributed by atoms with van der Waals surface area (Å²) in [5.74, 6) is 1.32. The molecule has 0 aliphatic carbocycles. The summed E-state index contributed by atoms with van der Waals surface area (Å²) in [5.41, 5.74) is 8.02. The van der Waals surface area contributed by atoms with Crippen molar-refractivity contribution in [1.29, 1.82) is 0 Å². The van der Waals surface area contributed by atoms with Gasteiger partial charge in [0.1, 0.15) is 11.2 Å². The third kappa shape index (κ3) is 1.91. The predicted octanol–water partition coefficient (Wildman–Crippen LogP) is 2.05. The Bertz CT molecular complexity index is 912. The van der Waals surface area contributed by atoms with E-state index >= 15 is 0 Å². The molecule has 0 fully saturated rings. The molecule has 0 aliphatic heterocycles. The van der Waals surface area contributed by atoms with Crippen LogP contribution in [0.5, 0.6) is 0 Å². The molecule has 0 saturated heterocycles. The number of nitrogens with zero attached hydrogens (tertiary/aromatic N) is 5. The van der Waals surface area contributed by atoms with E-state index in [1.54, 1.807) is 23.1 Å². The molecule has 3 heterocycles. The lowest BCUT2D eigenvalue weighted by molar-refractivity contribution is 0.579. The van der Waals surface area contributed by atoms with Gasteiger partial charge >= 0.3 is 0 Å². The van der Waals surface area contributed by atoms with Crippen LogP contribution in [0.2, 0.25) is 0 Å². The standard InChI is InChI=1S/C14H10N6O/c15-14-16-10(12-6-3-7-21-12)8-13(17-14)20-11-5-2-1-4-9(11)18-19-20/h1-8H,(H2,15,16,17). The largest absolute Gasteiger partial charge is 0.463 e. The number of aromatic nitrogens is 5. The molecule has 1 aromatic carbocycles. The van der Waals surface area contributed by atoms with E-state index in [1.807, 2.05) is 30.3 Å². The summed E-state index contributed by atoms with van der Waals surface area (Å²) >= 11 is 0. The Labute approximate surface area is 119 Å². The molecule has 0 radical (unpaired) electrons. The van der Waals surface area contributed by atoms with Crippen LogP contribution in [0.3, 0.4) is 0 Å². The van der Waals surface area contributed by atoms with Gasteiger partial charge in [0.2, 0.25) is 5.95 Å². The number of para-hydroxylation sites is 1. The lowest BCUT2D eigenvalue weighted by atomic mass is 10.3.